The van der Waals surface area contributed by atoms with Crippen molar-refractivity contribution in [3.8, 4) is 22.5 Å². The summed E-state index contributed by atoms with van der Waals surface area (Å²) in [6.07, 6.45) is 12.4. The molecule has 1 amide bonds. The van der Waals surface area contributed by atoms with Crippen LogP contribution in [-0.4, -0.2) is 31.9 Å². The number of pyridine rings is 1. The molecule has 1 aromatic carbocycles. The van der Waals surface area contributed by atoms with E-state index in [0.717, 1.165) is 48.2 Å². The molecule has 0 aliphatic heterocycles. The van der Waals surface area contributed by atoms with E-state index in [9.17, 15) is 4.79 Å². The highest BCUT2D eigenvalue weighted by Gasteiger charge is 2.29. The van der Waals surface area contributed by atoms with Gasteiger partial charge < -0.3 is 5.32 Å². The first-order chi connectivity index (χ1) is 14.7. The fourth-order valence-corrected chi connectivity index (χ4v) is 4.49. The second-order valence-electron chi connectivity index (χ2n) is 8.10. The summed E-state index contributed by atoms with van der Waals surface area (Å²) in [6, 6.07) is 11.1. The Kier molecular flexibility index (Phi) is 4.91. The lowest BCUT2D eigenvalue weighted by molar-refractivity contribution is -0.121. The number of nitrogens with one attached hydrogen (secondary N) is 1. The number of fused-ring (bicyclic) bond motifs is 1. The van der Waals surface area contributed by atoms with Crippen molar-refractivity contribution in [2.45, 2.75) is 51.1 Å². The molecule has 0 bridgehead atoms. The molecule has 3 aromatic rings. The molecule has 0 saturated heterocycles. The van der Waals surface area contributed by atoms with Crippen molar-refractivity contribution < 1.29 is 4.79 Å². The third kappa shape index (κ3) is 3.54. The van der Waals surface area contributed by atoms with Crippen molar-refractivity contribution in [2.75, 3.05) is 0 Å². The molecule has 6 nitrogen and oxygen atoms in total. The Morgan fingerprint density at radius 1 is 1.17 bits per heavy atom. The van der Waals surface area contributed by atoms with Crippen LogP contribution in [-0.2, 0) is 11.2 Å². The van der Waals surface area contributed by atoms with Gasteiger partial charge >= 0.3 is 0 Å². The fraction of sp³-hybridized carbons (Fsp3) is 0.333. The van der Waals surface area contributed by atoms with Gasteiger partial charge in [0, 0.05) is 29.8 Å². The van der Waals surface area contributed by atoms with Crippen LogP contribution in [0.5, 0.6) is 0 Å². The van der Waals surface area contributed by atoms with Gasteiger partial charge in [0.05, 0.1) is 23.6 Å². The summed E-state index contributed by atoms with van der Waals surface area (Å²) in [7, 11) is 0. The van der Waals surface area contributed by atoms with Crippen LogP contribution in [0.25, 0.3) is 28.6 Å². The average Bonchev–Trinajstić information content (AvgIpc) is 3.53. The van der Waals surface area contributed by atoms with Crippen LogP contribution in [0.15, 0.2) is 48.8 Å². The number of hydrogen-bond acceptors (Lipinski definition) is 4. The van der Waals surface area contributed by atoms with Crippen LogP contribution in [0.4, 0.5) is 0 Å². The Hall–Kier alpha value is -3.28. The average molecular weight is 399 g/mol. The highest BCUT2D eigenvalue weighted by molar-refractivity contribution is 5.75. The minimum absolute atomic E-state index is 0.113. The lowest BCUT2D eigenvalue weighted by atomic mass is 10.0. The van der Waals surface area contributed by atoms with Crippen LogP contribution >= 0.6 is 0 Å². The lowest BCUT2D eigenvalue weighted by Gasteiger charge is -2.15. The lowest BCUT2D eigenvalue weighted by Crippen LogP contribution is -2.32. The molecule has 5 rings (SSSR count). The largest absolute Gasteiger partial charge is 0.353 e. The van der Waals surface area contributed by atoms with Gasteiger partial charge in [-0.3, -0.25) is 9.78 Å². The number of nitrogens with zero attached hydrogens (tertiary/aromatic N) is 4. The highest BCUT2D eigenvalue weighted by atomic mass is 16.1. The predicted molar refractivity (Wildman–Crippen MR) is 117 cm³/mol. The number of carbonyl (C=O) groups excluding carboxylic acids is 1. The maximum absolute atomic E-state index is 11.7. The number of carbonyl (C=O) groups is 1. The van der Waals surface area contributed by atoms with E-state index in [1.54, 1.807) is 6.20 Å². The number of amides is 1. The number of hydrogen-bond donors (Lipinski definition) is 1. The number of benzene rings is 1. The maximum atomic E-state index is 11.7. The van der Waals surface area contributed by atoms with Gasteiger partial charge in [0.25, 0.3) is 0 Å². The minimum atomic E-state index is 0.113. The molecule has 152 valence electrons. The van der Waals surface area contributed by atoms with Crippen LogP contribution < -0.4 is 5.32 Å². The SMILES string of the molecule is CCC(=O)N[C@H]1CC[C@@H](n2nncc2-c2ccc(-c3ccc4c(c3)CC=C4)nc2)C1. The van der Waals surface area contributed by atoms with Gasteiger partial charge in [0.15, 0.2) is 0 Å². The van der Waals surface area contributed by atoms with E-state index in [-0.39, 0.29) is 18.0 Å². The van der Waals surface area contributed by atoms with Crippen LogP contribution in [0, 0.1) is 0 Å². The normalized spacial score (nSPS) is 19.8. The summed E-state index contributed by atoms with van der Waals surface area (Å²) in [5.74, 6) is 0.113. The third-order valence-electron chi connectivity index (χ3n) is 6.15. The first-order valence-corrected chi connectivity index (χ1v) is 10.7. The molecule has 2 atom stereocenters. The monoisotopic (exact) mass is 399 g/mol. The zero-order valence-corrected chi connectivity index (χ0v) is 17.1. The van der Waals surface area contributed by atoms with Crippen LogP contribution in [0.2, 0.25) is 0 Å². The number of allylic oxidation sites excluding steroid dienone is 1. The van der Waals surface area contributed by atoms with E-state index in [1.165, 1.54) is 11.1 Å². The summed E-state index contributed by atoms with van der Waals surface area (Å²) < 4.78 is 2.00. The second-order valence-corrected chi connectivity index (χ2v) is 8.10. The van der Waals surface area contributed by atoms with Crippen molar-refractivity contribution in [3.63, 3.8) is 0 Å². The summed E-state index contributed by atoms with van der Waals surface area (Å²) in [5, 5.41) is 11.6. The molecule has 0 spiro atoms. The predicted octanol–water partition coefficient (Wildman–Crippen LogP) is 4.20. The Labute approximate surface area is 176 Å². The third-order valence-corrected chi connectivity index (χ3v) is 6.15. The van der Waals surface area contributed by atoms with Crippen molar-refractivity contribution >= 4 is 12.0 Å². The molecular weight excluding hydrogens is 374 g/mol. The van der Waals surface area contributed by atoms with Gasteiger partial charge in [-0.2, -0.15) is 0 Å². The van der Waals surface area contributed by atoms with E-state index in [2.05, 4.69) is 58.1 Å². The molecule has 1 N–H and O–H groups in total. The van der Waals surface area contributed by atoms with Crippen molar-refractivity contribution in [2.24, 2.45) is 0 Å². The Morgan fingerprint density at radius 3 is 2.90 bits per heavy atom. The molecule has 2 aliphatic rings. The molecular formula is C24H25N5O. The van der Waals surface area contributed by atoms with E-state index in [1.807, 2.05) is 17.8 Å². The first kappa shape index (κ1) is 18.7. The van der Waals surface area contributed by atoms with E-state index < -0.39 is 0 Å². The fourth-order valence-electron chi connectivity index (χ4n) is 4.49. The summed E-state index contributed by atoms with van der Waals surface area (Å²) in [4.78, 5) is 16.4. The minimum Gasteiger partial charge on any atom is -0.353 e. The van der Waals surface area contributed by atoms with Gasteiger partial charge in [-0.25, -0.2) is 4.68 Å². The van der Waals surface area contributed by atoms with Crippen molar-refractivity contribution in [1.29, 1.82) is 0 Å². The Balaban J connectivity index is 1.34. The van der Waals surface area contributed by atoms with Gasteiger partial charge in [-0.05, 0) is 55.0 Å². The molecule has 0 unspecified atom stereocenters. The topological polar surface area (TPSA) is 72.7 Å². The highest BCUT2D eigenvalue weighted by Crippen LogP contribution is 2.33. The van der Waals surface area contributed by atoms with Gasteiger partial charge in [0.2, 0.25) is 5.91 Å². The van der Waals surface area contributed by atoms with Crippen molar-refractivity contribution in [3.05, 3.63) is 59.9 Å². The molecule has 1 fully saturated rings. The summed E-state index contributed by atoms with van der Waals surface area (Å²) in [5.41, 5.74) is 6.74. The standard InChI is InChI=1S/C24H25N5O/c1-2-24(30)27-20-9-10-21(13-20)29-23(15-26-28-29)19-8-11-22(25-14-19)18-7-6-16-4-3-5-17(16)12-18/h3-4,6-8,11-12,14-15,20-21H,2,5,9-10,13H2,1H3,(H,27,30)/t20-,21+/m0/s1. The van der Waals surface area contributed by atoms with Gasteiger partial charge in [-0.1, -0.05) is 36.4 Å². The van der Waals surface area contributed by atoms with E-state index in [0.29, 0.717) is 6.42 Å². The molecule has 2 aliphatic carbocycles. The zero-order chi connectivity index (χ0) is 20.5. The summed E-state index contributed by atoms with van der Waals surface area (Å²) in [6.45, 7) is 1.88. The molecule has 6 heteroatoms. The first-order valence-electron chi connectivity index (χ1n) is 10.7. The maximum Gasteiger partial charge on any atom is 0.219 e. The number of aromatic nitrogens is 4. The second kappa shape index (κ2) is 7.86. The Morgan fingerprint density at radius 2 is 2.07 bits per heavy atom. The Bertz CT molecular complexity index is 1100. The van der Waals surface area contributed by atoms with Crippen molar-refractivity contribution in [1.82, 2.24) is 25.3 Å². The molecule has 2 aromatic heterocycles. The van der Waals surface area contributed by atoms with Crippen LogP contribution in [0.3, 0.4) is 0 Å². The quantitative estimate of drug-likeness (QED) is 0.698. The number of rotatable bonds is 5. The van der Waals surface area contributed by atoms with E-state index in [4.69, 9.17) is 4.98 Å². The molecule has 30 heavy (non-hydrogen) atoms. The van der Waals surface area contributed by atoms with Crippen LogP contribution in [0.1, 0.15) is 49.8 Å². The van der Waals surface area contributed by atoms with E-state index >= 15 is 0 Å². The van der Waals surface area contributed by atoms with Gasteiger partial charge in [-0.15, -0.1) is 5.10 Å². The summed E-state index contributed by atoms with van der Waals surface area (Å²) >= 11 is 0. The van der Waals surface area contributed by atoms with Gasteiger partial charge in [0.1, 0.15) is 0 Å². The molecule has 2 heterocycles. The molecule has 0 radical (unpaired) electrons. The zero-order valence-electron chi connectivity index (χ0n) is 17.1. The smallest absolute Gasteiger partial charge is 0.219 e. The molecule has 1 saturated carbocycles.